The van der Waals surface area contributed by atoms with Gasteiger partial charge in [0.25, 0.3) is 0 Å². The Bertz CT molecular complexity index is 812. The standard InChI is InChI=1S/C18H18F3N3O2/c1-10-8-12(18(19,20)21)9-15(25)17(10)14-6-5-13(22-23-14)11(2)24-7-3-4-16(24)26/h5-6,8-9,11,25H,3-4,7H2,1-2H3. The number of aryl methyl sites for hydroxylation is 1. The van der Waals surface area contributed by atoms with Gasteiger partial charge in [-0.3, -0.25) is 4.79 Å². The molecule has 1 aliphatic rings. The highest BCUT2D eigenvalue weighted by Gasteiger charge is 2.32. The second kappa shape index (κ2) is 6.59. The third-order valence-corrected chi connectivity index (χ3v) is 4.59. The molecule has 1 amide bonds. The molecular formula is C18H18F3N3O2. The van der Waals surface area contributed by atoms with E-state index in [0.717, 1.165) is 12.5 Å². The second-order valence-corrected chi connectivity index (χ2v) is 6.40. The predicted molar refractivity (Wildman–Crippen MR) is 88.2 cm³/mol. The van der Waals surface area contributed by atoms with E-state index in [4.69, 9.17) is 0 Å². The molecule has 0 aliphatic carbocycles. The molecule has 1 aromatic heterocycles. The Kier molecular flexibility index (Phi) is 4.60. The van der Waals surface area contributed by atoms with Crippen molar-refractivity contribution in [1.82, 2.24) is 15.1 Å². The SMILES string of the molecule is Cc1cc(C(F)(F)F)cc(O)c1-c1ccc(C(C)N2CCCC2=O)nn1. The zero-order valence-electron chi connectivity index (χ0n) is 14.3. The minimum Gasteiger partial charge on any atom is -0.507 e. The number of phenolic OH excluding ortho intramolecular Hbond substituents is 1. The van der Waals surface area contributed by atoms with Crippen LogP contribution in [0.5, 0.6) is 5.75 Å². The van der Waals surface area contributed by atoms with Crippen LogP contribution in [0.3, 0.4) is 0 Å². The third kappa shape index (κ3) is 3.36. The van der Waals surface area contributed by atoms with Crippen molar-refractivity contribution >= 4 is 5.91 Å². The summed E-state index contributed by atoms with van der Waals surface area (Å²) in [7, 11) is 0. The van der Waals surface area contributed by atoms with Crippen molar-refractivity contribution in [3.63, 3.8) is 0 Å². The number of carbonyl (C=O) groups is 1. The highest BCUT2D eigenvalue weighted by Crippen LogP contribution is 2.38. The number of aromatic nitrogens is 2. The van der Waals surface area contributed by atoms with E-state index in [1.165, 1.54) is 6.92 Å². The number of halogens is 3. The topological polar surface area (TPSA) is 66.3 Å². The number of alkyl halides is 3. The van der Waals surface area contributed by atoms with E-state index in [1.54, 1.807) is 17.0 Å². The Morgan fingerprint density at radius 1 is 1.23 bits per heavy atom. The number of hydrogen-bond acceptors (Lipinski definition) is 4. The van der Waals surface area contributed by atoms with Crippen LogP contribution in [0.4, 0.5) is 13.2 Å². The maximum atomic E-state index is 12.8. The van der Waals surface area contributed by atoms with Crippen LogP contribution in [0.15, 0.2) is 24.3 Å². The summed E-state index contributed by atoms with van der Waals surface area (Å²) >= 11 is 0. The van der Waals surface area contributed by atoms with E-state index in [0.29, 0.717) is 24.7 Å². The fourth-order valence-electron chi connectivity index (χ4n) is 3.20. The molecule has 26 heavy (non-hydrogen) atoms. The van der Waals surface area contributed by atoms with E-state index in [1.807, 2.05) is 6.92 Å². The van der Waals surface area contributed by atoms with Crippen molar-refractivity contribution in [2.24, 2.45) is 0 Å². The molecule has 1 aromatic carbocycles. The third-order valence-electron chi connectivity index (χ3n) is 4.59. The monoisotopic (exact) mass is 365 g/mol. The fraction of sp³-hybridized carbons (Fsp3) is 0.389. The van der Waals surface area contributed by atoms with Crippen molar-refractivity contribution in [3.05, 3.63) is 41.1 Å². The van der Waals surface area contributed by atoms with E-state index in [2.05, 4.69) is 10.2 Å². The molecule has 8 heteroatoms. The first-order valence-corrected chi connectivity index (χ1v) is 8.22. The smallest absolute Gasteiger partial charge is 0.416 e. The average Bonchev–Trinajstić information content (AvgIpc) is 2.99. The summed E-state index contributed by atoms with van der Waals surface area (Å²) in [5, 5.41) is 18.2. The van der Waals surface area contributed by atoms with E-state index >= 15 is 0 Å². The van der Waals surface area contributed by atoms with Crippen LogP contribution in [-0.2, 0) is 11.0 Å². The number of nitrogens with zero attached hydrogens (tertiary/aromatic N) is 3. The fourth-order valence-corrected chi connectivity index (χ4v) is 3.20. The van der Waals surface area contributed by atoms with Gasteiger partial charge in [-0.1, -0.05) is 0 Å². The Labute approximate surface area is 148 Å². The summed E-state index contributed by atoms with van der Waals surface area (Å²) in [6.07, 6.45) is -3.20. The molecule has 1 N–H and O–H groups in total. The molecule has 0 radical (unpaired) electrons. The molecular weight excluding hydrogens is 347 g/mol. The predicted octanol–water partition coefficient (Wildman–Crippen LogP) is 3.86. The van der Waals surface area contributed by atoms with Gasteiger partial charge in [0.15, 0.2) is 0 Å². The van der Waals surface area contributed by atoms with Gasteiger partial charge in [0.2, 0.25) is 5.91 Å². The zero-order chi connectivity index (χ0) is 19.1. The lowest BCUT2D eigenvalue weighted by atomic mass is 10.0. The second-order valence-electron chi connectivity index (χ2n) is 6.40. The van der Waals surface area contributed by atoms with Crippen molar-refractivity contribution < 1.29 is 23.1 Å². The summed E-state index contributed by atoms with van der Waals surface area (Å²) in [6, 6.07) is 4.69. The van der Waals surface area contributed by atoms with Gasteiger partial charge in [-0.15, -0.1) is 0 Å². The van der Waals surface area contributed by atoms with E-state index in [-0.39, 0.29) is 28.8 Å². The quantitative estimate of drug-likeness (QED) is 0.897. The lowest BCUT2D eigenvalue weighted by Gasteiger charge is -2.23. The van der Waals surface area contributed by atoms with Crippen LogP contribution >= 0.6 is 0 Å². The van der Waals surface area contributed by atoms with Crippen LogP contribution in [0.25, 0.3) is 11.3 Å². The number of hydrogen-bond donors (Lipinski definition) is 1. The van der Waals surface area contributed by atoms with E-state index < -0.39 is 17.5 Å². The first-order chi connectivity index (χ1) is 12.2. The highest BCUT2D eigenvalue weighted by molar-refractivity contribution is 5.78. The molecule has 0 saturated carbocycles. The van der Waals surface area contributed by atoms with Gasteiger partial charge in [-0.05, 0) is 50.1 Å². The molecule has 2 aromatic rings. The number of rotatable bonds is 3. The van der Waals surface area contributed by atoms with Crippen molar-refractivity contribution in [2.75, 3.05) is 6.54 Å². The Morgan fingerprint density at radius 3 is 2.46 bits per heavy atom. The summed E-state index contributed by atoms with van der Waals surface area (Å²) in [6.45, 7) is 4.00. The minimum atomic E-state index is -4.53. The molecule has 3 rings (SSSR count). The molecule has 2 heterocycles. The van der Waals surface area contributed by atoms with Gasteiger partial charge in [-0.25, -0.2) is 0 Å². The summed E-state index contributed by atoms with van der Waals surface area (Å²) in [4.78, 5) is 13.6. The van der Waals surface area contributed by atoms with Gasteiger partial charge in [0.05, 0.1) is 23.0 Å². The minimum absolute atomic E-state index is 0.0691. The van der Waals surface area contributed by atoms with Crippen LogP contribution in [0, 0.1) is 6.92 Å². The zero-order valence-corrected chi connectivity index (χ0v) is 14.3. The molecule has 1 atom stereocenters. The molecule has 1 fully saturated rings. The lowest BCUT2D eigenvalue weighted by Crippen LogP contribution is -2.28. The number of phenols is 1. The summed E-state index contributed by atoms with van der Waals surface area (Å²) < 4.78 is 38.5. The number of aromatic hydroxyl groups is 1. The Balaban J connectivity index is 1.90. The van der Waals surface area contributed by atoms with Gasteiger partial charge >= 0.3 is 6.18 Å². The van der Waals surface area contributed by atoms with Gasteiger partial charge in [0, 0.05) is 18.5 Å². The molecule has 0 spiro atoms. The molecule has 5 nitrogen and oxygen atoms in total. The van der Waals surface area contributed by atoms with Gasteiger partial charge in [-0.2, -0.15) is 23.4 Å². The van der Waals surface area contributed by atoms with Crippen LogP contribution in [-0.4, -0.2) is 32.7 Å². The van der Waals surface area contributed by atoms with Gasteiger partial charge in [0.1, 0.15) is 5.75 Å². The summed E-state index contributed by atoms with van der Waals surface area (Å²) in [5.41, 5.74) is 0.413. The Hall–Kier alpha value is -2.64. The number of benzene rings is 1. The normalized spacial score (nSPS) is 16.2. The van der Waals surface area contributed by atoms with Crippen LogP contribution in [0.1, 0.15) is 42.6 Å². The molecule has 1 unspecified atom stereocenters. The molecule has 1 saturated heterocycles. The molecule has 1 aliphatic heterocycles. The number of carbonyl (C=O) groups excluding carboxylic acids is 1. The van der Waals surface area contributed by atoms with Crippen LogP contribution in [0.2, 0.25) is 0 Å². The molecule has 138 valence electrons. The van der Waals surface area contributed by atoms with Crippen molar-refractivity contribution in [3.8, 4) is 17.0 Å². The number of likely N-dealkylation sites (tertiary alicyclic amines) is 1. The van der Waals surface area contributed by atoms with E-state index in [9.17, 15) is 23.1 Å². The van der Waals surface area contributed by atoms with Gasteiger partial charge < -0.3 is 10.0 Å². The van der Waals surface area contributed by atoms with Crippen molar-refractivity contribution in [2.45, 2.75) is 38.9 Å². The first-order valence-electron chi connectivity index (χ1n) is 8.22. The molecule has 0 bridgehead atoms. The average molecular weight is 365 g/mol. The number of amides is 1. The largest absolute Gasteiger partial charge is 0.507 e. The van der Waals surface area contributed by atoms with Crippen molar-refractivity contribution in [1.29, 1.82) is 0 Å². The maximum absolute atomic E-state index is 12.8. The lowest BCUT2D eigenvalue weighted by molar-refractivity contribution is -0.137. The van der Waals surface area contributed by atoms with Crippen LogP contribution < -0.4 is 0 Å². The maximum Gasteiger partial charge on any atom is 0.416 e. The Morgan fingerprint density at radius 2 is 1.96 bits per heavy atom. The highest BCUT2D eigenvalue weighted by atomic mass is 19.4. The first kappa shape index (κ1) is 18.2. The summed E-state index contributed by atoms with van der Waals surface area (Å²) in [5.74, 6) is -0.429.